The van der Waals surface area contributed by atoms with E-state index < -0.39 is 17.8 Å². The lowest BCUT2D eigenvalue weighted by Gasteiger charge is -2.18. The molecule has 3 aromatic rings. The van der Waals surface area contributed by atoms with Gasteiger partial charge in [0.25, 0.3) is 5.91 Å². The van der Waals surface area contributed by atoms with Crippen LogP contribution in [0.2, 0.25) is 0 Å². The van der Waals surface area contributed by atoms with E-state index in [-0.39, 0.29) is 23.1 Å². The third kappa shape index (κ3) is 9.31. The molecule has 1 heterocycles. The molecule has 11 nitrogen and oxygen atoms in total. The number of benzene rings is 2. The average Bonchev–Trinajstić information content (AvgIpc) is 2.96. The van der Waals surface area contributed by atoms with Crippen LogP contribution in [-0.4, -0.2) is 75.3 Å². The van der Waals surface area contributed by atoms with Crippen LogP contribution in [0.1, 0.15) is 36.0 Å². The molecule has 3 rings (SSSR count). The molecule has 0 spiro atoms. The molecule has 2 aromatic carbocycles. The third-order valence-corrected chi connectivity index (χ3v) is 6.11. The second kappa shape index (κ2) is 15.4. The Balaban J connectivity index is 1.57. The molecule has 220 valence electrons. The molecule has 41 heavy (non-hydrogen) atoms. The molecule has 2 amide bonds. The summed E-state index contributed by atoms with van der Waals surface area (Å²) < 4.78 is 30.7. The van der Waals surface area contributed by atoms with Crippen LogP contribution >= 0.6 is 0 Å². The number of carbonyl (C=O) groups excluding carboxylic acids is 2. The quantitative estimate of drug-likeness (QED) is 0.263. The minimum absolute atomic E-state index is 0.0479. The van der Waals surface area contributed by atoms with Crippen molar-refractivity contribution in [2.24, 2.45) is 0 Å². The summed E-state index contributed by atoms with van der Waals surface area (Å²) in [4.78, 5) is 37.0. The molecule has 1 aromatic heterocycles. The Morgan fingerprint density at radius 3 is 2.41 bits per heavy atom. The van der Waals surface area contributed by atoms with E-state index >= 15 is 0 Å². The monoisotopic (exact) mass is 568 g/mol. The highest BCUT2D eigenvalue weighted by atomic mass is 19.1. The van der Waals surface area contributed by atoms with Gasteiger partial charge in [0.15, 0.2) is 11.5 Å². The highest BCUT2D eigenvalue weighted by Gasteiger charge is 2.19. The zero-order valence-corrected chi connectivity index (χ0v) is 24.1. The highest BCUT2D eigenvalue weighted by molar-refractivity contribution is 5.95. The number of ether oxygens (including phenoxy) is 3. The number of anilines is 3. The normalized spacial score (nSPS) is 10.7. The molecule has 0 aliphatic rings. The zero-order chi connectivity index (χ0) is 29.8. The molecule has 2 N–H and O–H groups in total. The van der Waals surface area contributed by atoms with E-state index in [2.05, 4.69) is 25.5 Å². The summed E-state index contributed by atoms with van der Waals surface area (Å²) in [6.45, 7) is 1.53. The van der Waals surface area contributed by atoms with Gasteiger partial charge in [0.1, 0.15) is 17.4 Å². The number of nitrogens with zero attached hydrogens (tertiary/aromatic N) is 4. The Hall–Kier alpha value is -4.45. The fourth-order valence-electron chi connectivity index (χ4n) is 3.83. The zero-order valence-electron chi connectivity index (χ0n) is 24.1. The van der Waals surface area contributed by atoms with Crippen molar-refractivity contribution in [3.63, 3.8) is 0 Å². The van der Waals surface area contributed by atoms with Crippen LogP contribution < -0.4 is 29.7 Å². The van der Waals surface area contributed by atoms with Gasteiger partial charge in [0.2, 0.25) is 5.95 Å². The van der Waals surface area contributed by atoms with E-state index in [1.165, 1.54) is 56.6 Å². The molecule has 0 radical (unpaired) electrons. The van der Waals surface area contributed by atoms with Crippen LogP contribution in [-0.2, 0) is 0 Å². The van der Waals surface area contributed by atoms with Gasteiger partial charge in [0, 0.05) is 31.5 Å². The second-order valence-corrected chi connectivity index (χ2v) is 9.48. The average molecular weight is 569 g/mol. The predicted octanol–water partition coefficient (Wildman–Crippen LogP) is 4.86. The lowest BCUT2D eigenvalue weighted by atomic mass is 10.1. The fourth-order valence-corrected chi connectivity index (χ4v) is 3.83. The highest BCUT2D eigenvalue weighted by Crippen LogP contribution is 2.32. The number of aromatic nitrogens is 2. The Labute approximate surface area is 239 Å². The van der Waals surface area contributed by atoms with E-state index in [9.17, 15) is 14.0 Å². The summed E-state index contributed by atoms with van der Waals surface area (Å²) in [5, 5.41) is 5.67. The van der Waals surface area contributed by atoms with Crippen LogP contribution in [0.5, 0.6) is 17.2 Å². The van der Waals surface area contributed by atoms with Gasteiger partial charge in [-0.3, -0.25) is 9.69 Å². The summed E-state index contributed by atoms with van der Waals surface area (Å²) in [6, 6.07) is 10.5. The maximum atomic E-state index is 14.8. The number of halogens is 1. The lowest BCUT2D eigenvalue weighted by molar-refractivity contribution is 0.0949. The number of unbranched alkanes of at least 4 members (excludes halogenated alkanes) is 3. The SMILES string of the molecule is COc1ccc(OC)c(OC(=O)N(C)c2ccnc(Nc3ccc(C(=O)NCCCCCCN(C)C)c(F)c3)n2)c1. The van der Waals surface area contributed by atoms with Crippen LogP contribution in [0.25, 0.3) is 0 Å². The van der Waals surface area contributed by atoms with Crippen molar-refractivity contribution in [3.8, 4) is 17.2 Å². The van der Waals surface area contributed by atoms with Gasteiger partial charge < -0.3 is 29.7 Å². The summed E-state index contributed by atoms with van der Waals surface area (Å²) >= 11 is 0. The van der Waals surface area contributed by atoms with Crippen LogP contribution in [0.3, 0.4) is 0 Å². The van der Waals surface area contributed by atoms with Crippen molar-refractivity contribution in [2.75, 3.05) is 58.7 Å². The standard InChI is InChI=1S/C29H37FN6O5/c1-35(2)17-9-7-6-8-15-31-27(37)22-12-10-20(18-23(22)30)33-28-32-16-14-26(34-28)36(3)29(38)41-25-19-21(39-4)11-13-24(25)40-5/h10-14,16,18-19H,6-9,15,17H2,1-5H3,(H,31,37)(H,32,33,34). The minimum Gasteiger partial charge on any atom is -0.497 e. The molecular weight excluding hydrogens is 531 g/mol. The topological polar surface area (TPSA) is 118 Å². The largest absolute Gasteiger partial charge is 0.497 e. The van der Waals surface area contributed by atoms with Crippen molar-refractivity contribution in [2.45, 2.75) is 25.7 Å². The molecule has 0 aliphatic carbocycles. The van der Waals surface area contributed by atoms with E-state index in [1.807, 2.05) is 14.1 Å². The third-order valence-electron chi connectivity index (χ3n) is 6.11. The molecule has 12 heteroatoms. The van der Waals surface area contributed by atoms with E-state index in [0.29, 0.717) is 23.7 Å². The number of methoxy groups -OCH3 is 2. The van der Waals surface area contributed by atoms with Crippen LogP contribution in [0.15, 0.2) is 48.7 Å². The van der Waals surface area contributed by atoms with E-state index in [4.69, 9.17) is 14.2 Å². The molecular formula is C29H37FN6O5. The second-order valence-electron chi connectivity index (χ2n) is 9.48. The smallest absolute Gasteiger partial charge is 0.420 e. The molecule has 0 bridgehead atoms. The molecule has 0 saturated carbocycles. The summed E-state index contributed by atoms with van der Waals surface area (Å²) in [5.41, 5.74) is 0.289. The van der Waals surface area contributed by atoms with Crippen molar-refractivity contribution in [3.05, 3.63) is 60.0 Å². The maximum absolute atomic E-state index is 14.8. The van der Waals surface area contributed by atoms with Gasteiger partial charge >= 0.3 is 6.09 Å². The summed E-state index contributed by atoms with van der Waals surface area (Å²) in [6.07, 6.45) is 4.75. The predicted molar refractivity (Wildman–Crippen MR) is 155 cm³/mol. The number of carbonyl (C=O) groups is 2. The Morgan fingerprint density at radius 1 is 0.927 bits per heavy atom. The number of hydrogen-bond acceptors (Lipinski definition) is 9. The molecule has 0 aliphatic heterocycles. The van der Waals surface area contributed by atoms with Gasteiger partial charge in [-0.1, -0.05) is 12.8 Å². The van der Waals surface area contributed by atoms with E-state index in [0.717, 1.165) is 32.2 Å². The first-order chi connectivity index (χ1) is 19.7. The van der Waals surface area contributed by atoms with Gasteiger partial charge in [-0.25, -0.2) is 14.2 Å². The van der Waals surface area contributed by atoms with Crippen molar-refractivity contribution in [1.29, 1.82) is 0 Å². The Bertz CT molecular complexity index is 1320. The van der Waals surface area contributed by atoms with Gasteiger partial charge in [-0.15, -0.1) is 0 Å². The first-order valence-electron chi connectivity index (χ1n) is 13.2. The summed E-state index contributed by atoms with van der Waals surface area (Å²) in [5.74, 6) is 0.227. The molecule has 0 saturated heterocycles. The maximum Gasteiger partial charge on any atom is 0.420 e. The van der Waals surface area contributed by atoms with Crippen molar-refractivity contribution >= 4 is 29.5 Å². The lowest BCUT2D eigenvalue weighted by Crippen LogP contribution is -2.30. The summed E-state index contributed by atoms with van der Waals surface area (Å²) in [7, 11) is 8.53. The van der Waals surface area contributed by atoms with Gasteiger partial charge in [0.05, 0.1) is 19.8 Å². The number of amides is 2. The van der Waals surface area contributed by atoms with Gasteiger partial charge in [-0.05, 0) is 69.9 Å². The molecule has 0 unspecified atom stereocenters. The number of nitrogens with one attached hydrogen (secondary N) is 2. The number of rotatable bonds is 14. The van der Waals surface area contributed by atoms with Crippen LogP contribution in [0.4, 0.5) is 26.6 Å². The first kappa shape index (κ1) is 31.1. The van der Waals surface area contributed by atoms with Crippen molar-refractivity contribution in [1.82, 2.24) is 20.2 Å². The minimum atomic E-state index is -0.726. The number of hydrogen-bond donors (Lipinski definition) is 2. The molecule has 0 fully saturated rings. The van der Waals surface area contributed by atoms with E-state index in [1.54, 1.807) is 18.2 Å². The van der Waals surface area contributed by atoms with Gasteiger partial charge in [-0.2, -0.15) is 4.98 Å². The van der Waals surface area contributed by atoms with Crippen molar-refractivity contribution < 1.29 is 28.2 Å². The van der Waals surface area contributed by atoms with Crippen LogP contribution in [0, 0.1) is 5.82 Å². The Morgan fingerprint density at radius 2 is 1.71 bits per heavy atom. The Kier molecular flexibility index (Phi) is 11.6. The first-order valence-corrected chi connectivity index (χ1v) is 13.2. The fraction of sp³-hybridized carbons (Fsp3) is 0.379. The molecule has 0 atom stereocenters.